The molecule has 0 bridgehead atoms. The van der Waals surface area contributed by atoms with Crippen LogP contribution in [0.25, 0.3) is 0 Å². The molecule has 32 heavy (non-hydrogen) atoms. The Labute approximate surface area is 190 Å². The summed E-state index contributed by atoms with van der Waals surface area (Å²) in [7, 11) is -3.85. The summed E-state index contributed by atoms with van der Waals surface area (Å²) in [6, 6.07) is 21.6. The number of hydrogen-bond donors (Lipinski definition) is 2. The van der Waals surface area contributed by atoms with Gasteiger partial charge in [-0.25, -0.2) is 8.42 Å². The third-order valence-electron chi connectivity index (χ3n) is 5.22. The Hall–Kier alpha value is -3.12. The van der Waals surface area contributed by atoms with Gasteiger partial charge in [-0.3, -0.25) is 9.52 Å². The minimum atomic E-state index is -3.85. The van der Waals surface area contributed by atoms with E-state index in [2.05, 4.69) is 23.9 Å². The number of nitrogens with one attached hydrogen (secondary N) is 2. The second-order valence-electron chi connectivity index (χ2n) is 8.52. The van der Waals surface area contributed by atoms with Crippen molar-refractivity contribution in [3.8, 4) is 0 Å². The number of anilines is 1. The molecule has 0 heterocycles. The number of hydrogen-bond acceptors (Lipinski definition) is 3. The molecule has 0 aliphatic carbocycles. The summed E-state index contributed by atoms with van der Waals surface area (Å²) in [5, 5.41) is 3.08. The maximum absolute atomic E-state index is 13.1. The van der Waals surface area contributed by atoms with Crippen LogP contribution in [0.2, 0.25) is 0 Å². The molecule has 3 aromatic rings. The first-order valence-corrected chi connectivity index (χ1v) is 12.2. The minimum Gasteiger partial charge on any atom is -0.345 e. The Balaban J connectivity index is 1.87. The Bertz CT molecular complexity index is 1190. The molecule has 0 aliphatic rings. The monoisotopic (exact) mass is 450 g/mol. The van der Waals surface area contributed by atoms with E-state index in [4.69, 9.17) is 0 Å². The highest BCUT2D eigenvalue weighted by Gasteiger charge is 2.22. The molecular weight excluding hydrogens is 420 g/mol. The highest BCUT2D eigenvalue weighted by atomic mass is 32.2. The molecule has 0 saturated carbocycles. The van der Waals surface area contributed by atoms with E-state index >= 15 is 0 Å². The van der Waals surface area contributed by atoms with Crippen LogP contribution in [0.4, 0.5) is 5.69 Å². The molecule has 0 aromatic heterocycles. The average molecular weight is 451 g/mol. The molecule has 6 heteroatoms. The number of amides is 1. The lowest BCUT2D eigenvalue weighted by atomic mass is 9.96. The van der Waals surface area contributed by atoms with Crippen molar-refractivity contribution in [2.75, 3.05) is 4.72 Å². The van der Waals surface area contributed by atoms with Crippen LogP contribution in [0, 0.1) is 19.8 Å². The van der Waals surface area contributed by atoms with Gasteiger partial charge in [0.15, 0.2) is 0 Å². The van der Waals surface area contributed by atoms with E-state index in [1.807, 2.05) is 43.3 Å². The number of aryl methyl sites for hydroxylation is 2. The number of carbonyl (C=O) groups is 1. The summed E-state index contributed by atoms with van der Waals surface area (Å²) in [6.07, 6.45) is 0.779. The van der Waals surface area contributed by atoms with Crippen LogP contribution in [-0.4, -0.2) is 14.3 Å². The largest absolute Gasteiger partial charge is 0.345 e. The van der Waals surface area contributed by atoms with Gasteiger partial charge in [0.1, 0.15) is 0 Å². The molecule has 0 saturated heterocycles. The summed E-state index contributed by atoms with van der Waals surface area (Å²) in [6.45, 7) is 7.83. The van der Waals surface area contributed by atoms with Crippen molar-refractivity contribution in [1.29, 1.82) is 0 Å². The average Bonchev–Trinajstić information content (AvgIpc) is 2.73. The Morgan fingerprint density at radius 1 is 0.906 bits per heavy atom. The van der Waals surface area contributed by atoms with Gasteiger partial charge in [0.2, 0.25) is 0 Å². The van der Waals surface area contributed by atoms with E-state index in [1.165, 1.54) is 6.07 Å². The second kappa shape index (κ2) is 10.0. The number of rotatable bonds is 8. The molecule has 3 aromatic carbocycles. The maximum atomic E-state index is 13.1. The first-order valence-electron chi connectivity index (χ1n) is 10.7. The third-order valence-corrected chi connectivity index (χ3v) is 6.75. The minimum absolute atomic E-state index is 0.0896. The van der Waals surface area contributed by atoms with Crippen molar-refractivity contribution in [2.24, 2.45) is 5.92 Å². The summed E-state index contributed by atoms with van der Waals surface area (Å²) in [5.74, 6) is 0.0829. The standard InChI is InChI=1S/C26H30N2O3S/c1-18(2)15-24(21-10-6-5-7-11-21)27-26(29)22-14-13-20(4)25(17-22)32(30,31)28-23-12-8-9-19(3)16-23/h5-14,16-18,24,28H,15H2,1-4H3,(H,27,29)/t24-/m1/s1. The molecule has 1 amide bonds. The van der Waals surface area contributed by atoms with E-state index < -0.39 is 10.0 Å². The molecule has 168 valence electrons. The van der Waals surface area contributed by atoms with E-state index in [0.717, 1.165) is 17.5 Å². The zero-order valence-corrected chi connectivity index (χ0v) is 19.7. The van der Waals surface area contributed by atoms with E-state index in [-0.39, 0.29) is 16.8 Å². The first-order chi connectivity index (χ1) is 15.2. The SMILES string of the molecule is Cc1cccc(NS(=O)(=O)c2cc(C(=O)N[C@H](CC(C)C)c3ccccc3)ccc2C)c1. The van der Waals surface area contributed by atoms with Crippen LogP contribution >= 0.6 is 0 Å². The van der Waals surface area contributed by atoms with Crippen LogP contribution in [0.3, 0.4) is 0 Å². The van der Waals surface area contributed by atoms with Gasteiger partial charge in [-0.2, -0.15) is 0 Å². The van der Waals surface area contributed by atoms with Gasteiger partial charge >= 0.3 is 0 Å². The topological polar surface area (TPSA) is 75.3 Å². The van der Waals surface area contributed by atoms with Crippen molar-refractivity contribution in [2.45, 2.75) is 45.1 Å². The van der Waals surface area contributed by atoms with Crippen LogP contribution in [-0.2, 0) is 10.0 Å². The van der Waals surface area contributed by atoms with Crippen LogP contribution in [0.1, 0.15) is 53.4 Å². The summed E-state index contributed by atoms with van der Waals surface area (Å²) < 4.78 is 28.7. The van der Waals surface area contributed by atoms with E-state index in [0.29, 0.717) is 22.7 Å². The van der Waals surface area contributed by atoms with E-state index in [9.17, 15) is 13.2 Å². The first kappa shape index (κ1) is 23.5. The predicted octanol–water partition coefficient (Wildman–Crippen LogP) is 5.62. The zero-order chi connectivity index (χ0) is 23.3. The molecule has 3 rings (SSSR count). The normalized spacial score (nSPS) is 12.4. The lowest BCUT2D eigenvalue weighted by Gasteiger charge is -2.21. The van der Waals surface area contributed by atoms with Crippen molar-refractivity contribution in [3.05, 3.63) is 95.1 Å². The second-order valence-corrected chi connectivity index (χ2v) is 10.2. The summed E-state index contributed by atoms with van der Waals surface area (Å²) >= 11 is 0. The quantitative estimate of drug-likeness (QED) is 0.468. The van der Waals surface area contributed by atoms with Gasteiger partial charge in [0.25, 0.3) is 15.9 Å². The fourth-order valence-corrected chi connectivity index (χ4v) is 4.95. The smallest absolute Gasteiger partial charge is 0.262 e. The number of carbonyl (C=O) groups excluding carboxylic acids is 1. The highest BCUT2D eigenvalue weighted by molar-refractivity contribution is 7.92. The lowest BCUT2D eigenvalue weighted by molar-refractivity contribution is 0.0931. The Morgan fingerprint density at radius 2 is 1.62 bits per heavy atom. The van der Waals surface area contributed by atoms with Crippen molar-refractivity contribution < 1.29 is 13.2 Å². The molecule has 0 aliphatic heterocycles. The van der Waals surface area contributed by atoms with Crippen molar-refractivity contribution >= 4 is 21.6 Å². The fraction of sp³-hybridized carbons (Fsp3) is 0.269. The Kier molecular flexibility index (Phi) is 7.36. The highest BCUT2D eigenvalue weighted by Crippen LogP contribution is 2.24. The van der Waals surface area contributed by atoms with Gasteiger partial charge in [0.05, 0.1) is 10.9 Å². The number of sulfonamides is 1. The predicted molar refractivity (Wildman–Crippen MR) is 129 cm³/mol. The van der Waals surface area contributed by atoms with Crippen LogP contribution < -0.4 is 10.0 Å². The van der Waals surface area contributed by atoms with Crippen LogP contribution in [0.15, 0.2) is 77.7 Å². The molecule has 5 nitrogen and oxygen atoms in total. The van der Waals surface area contributed by atoms with Gasteiger partial charge in [-0.15, -0.1) is 0 Å². The molecule has 0 unspecified atom stereocenters. The van der Waals surface area contributed by atoms with Gasteiger partial charge in [-0.1, -0.05) is 62.4 Å². The molecule has 0 spiro atoms. The van der Waals surface area contributed by atoms with Gasteiger partial charge < -0.3 is 5.32 Å². The van der Waals surface area contributed by atoms with Crippen LogP contribution in [0.5, 0.6) is 0 Å². The number of benzene rings is 3. The van der Waals surface area contributed by atoms with Crippen molar-refractivity contribution in [1.82, 2.24) is 5.32 Å². The molecule has 1 atom stereocenters. The molecular formula is C26H30N2O3S. The Morgan fingerprint density at radius 3 is 2.28 bits per heavy atom. The van der Waals surface area contributed by atoms with Gasteiger partial charge in [0, 0.05) is 11.3 Å². The fourth-order valence-electron chi connectivity index (χ4n) is 3.63. The van der Waals surface area contributed by atoms with Gasteiger partial charge in [-0.05, 0) is 67.1 Å². The summed E-state index contributed by atoms with van der Waals surface area (Å²) in [4.78, 5) is 13.2. The molecule has 0 fully saturated rings. The lowest BCUT2D eigenvalue weighted by Crippen LogP contribution is -2.29. The van der Waals surface area contributed by atoms with Crippen molar-refractivity contribution in [3.63, 3.8) is 0 Å². The third kappa shape index (κ3) is 5.98. The zero-order valence-electron chi connectivity index (χ0n) is 18.9. The van der Waals surface area contributed by atoms with E-state index in [1.54, 1.807) is 37.3 Å². The molecule has 0 radical (unpaired) electrons. The summed E-state index contributed by atoms with van der Waals surface area (Å²) in [5.41, 5.74) is 3.34. The molecule has 2 N–H and O–H groups in total. The maximum Gasteiger partial charge on any atom is 0.262 e.